The first-order valence-electron chi connectivity index (χ1n) is 18.1. The van der Waals surface area contributed by atoms with Crippen molar-refractivity contribution in [3.63, 3.8) is 0 Å². The van der Waals surface area contributed by atoms with E-state index in [-0.39, 0.29) is 18.2 Å². The van der Waals surface area contributed by atoms with Gasteiger partial charge in [0.2, 0.25) is 0 Å². The highest BCUT2D eigenvalue weighted by Crippen LogP contribution is 2.52. The van der Waals surface area contributed by atoms with Crippen LogP contribution in [0, 0.1) is 0 Å². The molecule has 0 saturated carbocycles. The Morgan fingerprint density at radius 3 is 1.65 bits per heavy atom. The van der Waals surface area contributed by atoms with Crippen LogP contribution in [0.3, 0.4) is 0 Å². The molecule has 0 fully saturated rings. The van der Waals surface area contributed by atoms with Crippen molar-refractivity contribution in [2.75, 3.05) is 0 Å². The predicted molar refractivity (Wildman–Crippen MR) is 227 cm³/mol. The van der Waals surface area contributed by atoms with E-state index < -0.39 is 5.60 Å². The van der Waals surface area contributed by atoms with Crippen molar-refractivity contribution in [2.24, 2.45) is 0 Å². The predicted octanol–water partition coefficient (Wildman–Crippen LogP) is 13.6. The second kappa shape index (κ2) is 13.8. The summed E-state index contributed by atoms with van der Waals surface area (Å²) in [5, 5.41) is 17.1. The molecule has 0 radical (unpaired) electrons. The van der Waals surface area contributed by atoms with E-state index in [1.807, 2.05) is 103 Å². The number of halogens is 1. The van der Waals surface area contributed by atoms with Gasteiger partial charge in [-0.3, -0.25) is 0 Å². The van der Waals surface area contributed by atoms with Gasteiger partial charge in [0, 0.05) is 39.9 Å². The smallest absolute Gasteiger partial charge is 0.361 e. The molecule has 3 heterocycles. The summed E-state index contributed by atoms with van der Waals surface area (Å²) in [4.78, 5) is 0. The van der Waals surface area contributed by atoms with E-state index in [0.29, 0.717) is 0 Å². The van der Waals surface area contributed by atoms with Gasteiger partial charge < -0.3 is 14.6 Å². The van der Waals surface area contributed by atoms with Gasteiger partial charge in [-0.15, -0.1) is 12.4 Å². The normalized spacial score (nSPS) is 13.3. The molecule has 0 aliphatic carbocycles. The quantitative estimate of drug-likeness (QED) is 0.142. The van der Waals surface area contributed by atoms with Crippen LogP contribution in [0.25, 0.3) is 61.7 Å². The average Bonchev–Trinajstić information content (AvgIpc) is 3.23. The highest BCUT2D eigenvalue weighted by molar-refractivity contribution is 6.04. The van der Waals surface area contributed by atoms with Crippen LogP contribution in [0.15, 0.2) is 180 Å². The molecule has 0 saturated heterocycles. The molecular formula is C50H34ClO4+. The summed E-state index contributed by atoms with van der Waals surface area (Å²) in [6.45, 7) is 0. The van der Waals surface area contributed by atoms with Crippen LogP contribution in [0.5, 0.6) is 23.0 Å². The Labute approximate surface area is 324 Å². The topological polar surface area (TPSA) is 50.0 Å². The van der Waals surface area contributed by atoms with Crippen molar-refractivity contribution in [3.8, 4) is 23.0 Å². The van der Waals surface area contributed by atoms with E-state index in [1.165, 1.54) is 10.8 Å². The molecule has 0 bridgehead atoms. The molecule has 0 unspecified atom stereocenters. The minimum Gasteiger partial charge on any atom is -0.507 e. The van der Waals surface area contributed by atoms with Crippen molar-refractivity contribution >= 4 is 74.1 Å². The van der Waals surface area contributed by atoms with Gasteiger partial charge >= 0.3 is 11.2 Å². The average molecular weight is 734 g/mol. The summed E-state index contributed by atoms with van der Waals surface area (Å²) in [6, 6.07) is 56.7. The second-order valence-electron chi connectivity index (χ2n) is 13.5. The van der Waals surface area contributed by atoms with Crippen molar-refractivity contribution in [1.29, 1.82) is 0 Å². The molecule has 5 heteroatoms. The molecule has 11 rings (SSSR count). The number of hydrogen-bond acceptors (Lipinski definition) is 3. The molecule has 4 nitrogen and oxygen atoms in total. The number of benzene rings is 8. The van der Waals surface area contributed by atoms with Crippen LogP contribution < -0.4 is 9.47 Å². The van der Waals surface area contributed by atoms with E-state index in [9.17, 15) is 5.11 Å². The number of hydrogen-bond donors (Lipinski definition) is 1. The van der Waals surface area contributed by atoms with Crippen molar-refractivity contribution in [2.45, 2.75) is 5.60 Å². The fourth-order valence-electron chi connectivity index (χ4n) is 7.85. The number of phenols is 1. The zero-order valence-electron chi connectivity index (χ0n) is 29.6. The molecule has 1 spiro atoms. The molecule has 0 atom stereocenters. The monoisotopic (exact) mass is 733 g/mol. The van der Waals surface area contributed by atoms with Crippen LogP contribution >= 0.6 is 12.4 Å². The largest absolute Gasteiger partial charge is 0.507 e. The Bertz CT molecular complexity index is 2880. The second-order valence-corrected chi connectivity index (χ2v) is 13.5. The molecular weight excluding hydrogens is 700 g/mol. The molecule has 0 amide bonds. The van der Waals surface area contributed by atoms with Crippen LogP contribution in [0.2, 0.25) is 0 Å². The van der Waals surface area contributed by atoms with E-state index in [4.69, 9.17) is 13.9 Å². The zero-order chi connectivity index (χ0) is 36.1. The summed E-state index contributed by atoms with van der Waals surface area (Å²) in [5.74, 6) is 2.84. The Balaban J connectivity index is 0.000000142. The minimum atomic E-state index is -0.680. The first-order valence-corrected chi connectivity index (χ1v) is 18.1. The Morgan fingerprint density at radius 1 is 0.473 bits per heavy atom. The van der Waals surface area contributed by atoms with Crippen LogP contribution in [0.4, 0.5) is 0 Å². The summed E-state index contributed by atoms with van der Waals surface area (Å²) >= 11 is 0. The Kier molecular flexibility index (Phi) is 8.53. The summed E-state index contributed by atoms with van der Waals surface area (Å²) < 4.78 is 19.0. The van der Waals surface area contributed by atoms with Crippen LogP contribution in [0.1, 0.15) is 27.8 Å². The standard InChI is InChI=1S/2C25H16O2.ClH/c1-2-8-18-17(7-1)13-14-22-19(18)15-16-25(27-22)20-9-3-5-11-23(20)26-24-12-6-4-10-21(24)25;26-23-16-13-17-7-1-2-8-18(17)20(23)15-14-19-21-9-3-5-11-24(21)27-25-12-6-4-10-22(19)25;/h2*1-16H;1H/p+1/b;15-14+;. The maximum absolute atomic E-state index is 10.4. The van der Waals surface area contributed by atoms with Gasteiger partial charge in [0.05, 0.1) is 10.8 Å². The van der Waals surface area contributed by atoms with Gasteiger partial charge in [0.25, 0.3) is 0 Å². The highest BCUT2D eigenvalue weighted by Gasteiger charge is 2.44. The number of fused-ring (bicyclic) bond motifs is 10. The van der Waals surface area contributed by atoms with Gasteiger partial charge in [-0.25, -0.2) is 4.42 Å². The summed E-state index contributed by atoms with van der Waals surface area (Å²) in [6.07, 6.45) is 8.43. The number of ether oxygens (including phenoxy) is 2. The number of phenolic OH excluding ortho intramolecular Hbond substituents is 1. The first-order chi connectivity index (χ1) is 26.7. The van der Waals surface area contributed by atoms with E-state index in [0.717, 1.165) is 77.8 Å². The first kappa shape index (κ1) is 33.9. The van der Waals surface area contributed by atoms with E-state index in [1.54, 1.807) is 6.07 Å². The highest BCUT2D eigenvalue weighted by atomic mass is 35.5. The number of rotatable bonds is 2. The van der Waals surface area contributed by atoms with Gasteiger partial charge in [0.15, 0.2) is 5.60 Å². The third-order valence-corrected chi connectivity index (χ3v) is 10.4. The fourth-order valence-corrected chi connectivity index (χ4v) is 7.85. The lowest BCUT2D eigenvalue weighted by molar-refractivity contribution is 0.146. The third kappa shape index (κ3) is 5.75. The van der Waals surface area contributed by atoms with Crippen LogP contribution in [-0.2, 0) is 5.60 Å². The van der Waals surface area contributed by atoms with Crippen molar-refractivity contribution < 1.29 is 19.0 Å². The lowest BCUT2D eigenvalue weighted by Gasteiger charge is -2.40. The van der Waals surface area contributed by atoms with Crippen molar-refractivity contribution in [1.82, 2.24) is 0 Å². The molecule has 8 aromatic carbocycles. The van der Waals surface area contributed by atoms with Gasteiger partial charge in [-0.2, -0.15) is 0 Å². The minimum absolute atomic E-state index is 0. The molecule has 55 heavy (non-hydrogen) atoms. The third-order valence-electron chi connectivity index (χ3n) is 10.4. The molecule has 2 aliphatic heterocycles. The maximum atomic E-state index is 10.4. The summed E-state index contributed by atoms with van der Waals surface area (Å²) in [5.41, 5.74) is 6.09. The fraction of sp³-hybridized carbons (Fsp3) is 0.0200. The Morgan fingerprint density at radius 2 is 0.982 bits per heavy atom. The molecule has 9 aromatic rings. The lowest BCUT2D eigenvalue weighted by Crippen LogP contribution is -2.37. The molecule has 264 valence electrons. The van der Waals surface area contributed by atoms with Gasteiger partial charge in [-0.1, -0.05) is 127 Å². The number of para-hydroxylation sites is 4. The van der Waals surface area contributed by atoms with Crippen LogP contribution in [-0.4, -0.2) is 5.11 Å². The lowest BCUT2D eigenvalue weighted by atomic mass is 9.81. The van der Waals surface area contributed by atoms with Gasteiger partial charge in [0.1, 0.15) is 23.0 Å². The van der Waals surface area contributed by atoms with E-state index >= 15 is 0 Å². The van der Waals surface area contributed by atoms with Gasteiger partial charge in [-0.05, 0) is 76.2 Å². The number of aromatic hydroxyl groups is 1. The molecule has 1 aromatic heterocycles. The Hall–Kier alpha value is -6.88. The van der Waals surface area contributed by atoms with E-state index in [2.05, 4.69) is 85.0 Å². The zero-order valence-corrected chi connectivity index (χ0v) is 30.4. The maximum Gasteiger partial charge on any atom is 0.361 e. The molecule has 1 N–H and O–H groups in total. The molecule has 2 aliphatic rings. The summed E-state index contributed by atoms with van der Waals surface area (Å²) in [7, 11) is 0. The SMILES string of the molecule is C1=CC2(Oc3ccc4ccccc4c31)c1ccccc1Oc1ccccc12.Cl.Oc1ccc2ccccc2c1/C=C/c1c2ccccc2[o+]c2ccccc12. The van der Waals surface area contributed by atoms with Crippen molar-refractivity contribution in [3.05, 3.63) is 204 Å².